The molecule has 4 heterocycles. The Balaban J connectivity index is 1.27. The maximum absolute atomic E-state index is 13.4. The molecule has 1 aromatic carbocycles. The van der Waals surface area contributed by atoms with Crippen molar-refractivity contribution in [3.8, 4) is 5.75 Å². The normalized spacial score (nSPS) is 32.3. The quantitative estimate of drug-likeness (QED) is 0.639. The van der Waals surface area contributed by atoms with Gasteiger partial charge in [-0.3, -0.25) is 24.0 Å². The van der Waals surface area contributed by atoms with Crippen molar-refractivity contribution in [2.45, 2.75) is 26.9 Å². The van der Waals surface area contributed by atoms with E-state index in [2.05, 4.69) is 11.2 Å². The van der Waals surface area contributed by atoms with Gasteiger partial charge in [-0.25, -0.2) is 0 Å². The van der Waals surface area contributed by atoms with Crippen molar-refractivity contribution < 1.29 is 19.1 Å². The number of rotatable bonds is 5. The zero-order valence-corrected chi connectivity index (χ0v) is 20.5. The Morgan fingerprint density at radius 1 is 0.943 bits per heavy atom. The number of carbonyl (C=O) groups excluding carboxylic acids is 3. The summed E-state index contributed by atoms with van der Waals surface area (Å²) in [5.74, 6) is 0.955. The van der Waals surface area contributed by atoms with Gasteiger partial charge in [0.1, 0.15) is 11.5 Å². The molecule has 4 aliphatic rings. The minimum atomic E-state index is -0.557. The highest BCUT2D eigenvalue weighted by Crippen LogP contribution is 2.71. The van der Waals surface area contributed by atoms with E-state index in [4.69, 9.17) is 4.74 Å². The second-order valence-electron chi connectivity index (χ2n) is 11.1. The second kappa shape index (κ2) is 7.40. The summed E-state index contributed by atoms with van der Waals surface area (Å²) in [6.07, 6.45) is 3.64. The van der Waals surface area contributed by atoms with Crippen LogP contribution in [0.3, 0.4) is 0 Å². The minimum absolute atomic E-state index is 0.0106. The predicted octanol–water partition coefficient (Wildman–Crippen LogP) is 1.02. The molecular formula is C26H31N5O4. The van der Waals surface area contributed by atoms with Crippen molar-refractivity contribution in [2.24, 2.45) is 16.2 Å². The molecule has 1 aromatic heterocycles. The number of Topliss-reactive ketones (excluding diaryl/α,β-unsaturated/α-hetero) is 1. The van der Waals surface area contributed by atoms with Gasteiger partial charge < -0.3 is 14.5 Å². The molecule has 3 bridgehead atoms. The van der Waals surface area contributed by atoms with Crippen molar-refractivity contribution in [3.05, 3.63) is 47.8 Å². The van der Waals surface area contributed by atoms with Crippen LogP contribution in [0.5, 0.6) is 5.75 Å². The number of hydrogen-bond acceptors (Lipinski definition) is 6. The Morgan fingerprint density at radius 3 is 2.17 bits per heavy atom. The number of fused-ring (bicyclic) bond motifs is 2. The molecule has 4 fully saturated rings. The summed E-state index contributed by atoms with van der Waals surface area (Å²) in [4.78, 5) is 45.6. The Hall–Kier alpha value is -3.20. The number of ether oxygens (including phenoxy) is 1. The molecule has 35 heavy (non-hydrogen) atoms. The van der Waals surface area contributed by atoms with Crippen molar-refractivity contribution in [3.63, 3.8) is 0 Å². The Bertz CT molecular complexity index is 1180. The number of carbonyl (C=O) groups is 3. The smallest absolute Gasteiger partial charge is 0.236 e. The predicted molar refractivity (Wildman–Crippen MR) is 126 cm³/mol. The molecule has 1 spiro atoms. The topological polar surface area (TPSA) is 88.0 Å². The lowest BCUT2D eigenvalue weighted by Gasteiger charge is -2.59. The molecule has 3 aliphatic heterocycles. The molecule has 2 aromatic rings. The first-order valence-electron chi connectivity index (χ1n) is 12.2. The molecule has 9 heteroatoms. The van der Waals surface area contributed by atoms with E-state index < -0.39 is 10.8 Å². The van der Waals surface area contributed by atoms with Crippen LogP contribution in [0.1, 0.15) is 25.0 Å². The zero-order valence-electron chi connectivity index (χ0n) is 20.5. The number of nitrogens with zero attached hydrogens (tertiary/aromatic N) is 5. The summed E-state index contributed by atoms with van der Waals surface area (Å²) in [5.41, 5.74) is 0.551. The monoisotopic (exact) mass is 477 g/mol. The van der Waals surface area contributed by atoms with E-state index >= 15 is 0 Å². The zero-order chi connectivity index (χ0) is 24.6. The Labute approximate surface area is 204 Å². The summed E-state index contributed by atoms with van der Waals surface area (Å²) in [7, 11) is 1.64. The minimum Gasteiger partial charge on any atom is -0.496 e. The summed E-state index contributed by atoms with van der Waals surface area (Å²) in [5, 5.41) is 4.29. The molecular weight excluding hydrogens is 446 g/mol. The molecule has 1 saturated carbocycles. The van der Waals surface area contributed by atoms with Crippen LogP contribution in [-0.2, 0) is 27.5 Å². The van der Waals surface area contributed by atoms with Crippen molar-refractivity contribution >= 4 is 17.6 Å². The largest absolute Gasteiger partial charge is 0.496 e. The van der Waals surface area contributed by atoms with Gasteiger partial charge in [0, 0.05) is 56.1 Å². The van der Waals surface area contributed by atoms with E-state index in [9.17, 15) is 14.4 Å². The van der Waals surface area contributed by atoms with Gasteiger partial charge in [0.2, 0.25) is 11.8 Å². The molecule has 2 amide bonds. The van der Waals surface area contributed by atoms with E-state index in [0.29, 0.717) is 39.3 Å². The first-order chi connectivity index (χ1) is 16.7. The third kappa shape index (κ3) is 2.97. The molecule has 6 rings (SSSR count). The lowest BCUT2D eigenvalue weighted by atomic mass is 9.39. The maximum atomic E-state index is 13.4. The maximum Gasteiger partial charge on any atom is 0.236 e. The fraction of sp³-hybridized carbons (Fsp3) is 0.538. The van der Waals surface area contributed by atoms with Gasteiger partial charge in [-0.15, -0.1) is 0 Å². The van der Waals surface area contributed by atoms with Gasteiger partial charge in [0.05, 0.1) is 37.6 Å². The standard InChI is InChI=1S/C26H31N5O4/c1-24-14-29-16-26(24)17-30(15-25(26,2)23(24)34)22(33)13-28(12-21(29)32)10-18-5-6-20(35-3)19(9-18)11-31-8-4-7-27-31/h4-9H,10-17H2,1-3H3. The molecule has 9 nitrogen and oxygen atoms in total. The molecule has 0 N–H and O–H groups in total. The van der Waals surface area contributed by atoms with Gasteiger partial charge in [-0.1, -0.05) is 19.9 Å². The fourth-order valence-corrected chi connectivity index (χ4v) is 7.29. The van der Waals surface area contributed by atoms with E-state index in [0.717, 1.165) is 16.9 Å². The van der Waals surface area contributed by atoms with Crippen LogP contribution < -0.4 is 4.74 Å². The third-order valence-corrected chi connectivity index (χ3v) is 9.12. The Kier molecular flexibility index (Phi) is 4.71. The number of ketones is 1. The SMILES string of the molecule is COc1ccc(CN2CC(=O)N3CC4(C)C(=O)C5(C)CN(CC45C3)C(=O)C2)cc1Cn1cccn1. The summed E-state index contributed by atoms with van der Waals surface area (Å²) >= 11 is 0. The summed E-state index contributed by atoms with van der Waals surface area (Å²) < 4.78 is 7.38. The highest BCUT2D eigenvalue weighted by atomic mass is 16.5. The highest BCUT2D eigenvalue weighted by Gasteiger charge is 2.82. The molecule has 2 atom stereocenters. The molecule has 1 aliphatic carbocycles. The summed E-state index contributed by atoms with van der Waals surface area (Å²) in [6.45, 7) is 7.33. The average molecular weight is 478 g/mol. The number of aromatic nitrogens is 2. The lowest BCUT2D eigenvalue weighted by Crippen LogP contribution is -2.70. The molecule has 3 saturated heterocycles. The number of benzene rings is 1. The van der Waals surface area contributed by atoms with Crippen LogP contribution in [0.4, 0.5) is 0 Å². The third-order valence-electron chi connectivity index (χ3n) is 9.12. The van der Waals surface area contributed by atoms with E-state index in [-0.39, 0.29) is 36.1 Å². The number of amides is 2. The van der Waals surface area contributed by atoms with Crippen LogP contribution in [-0.4, -0.2) is 88.5 Å². The van der Waals surface area contributed by atoms with Gasteiger partial charge in [-0.05, 0) is 23.8 Å². The first-order valence-corrected chi connectivity index (χ1v) is 12.2. The second-order valence-corrected chi connectivity index (χ2v) is 11.1. The van der Waals surface area contributed by atoms with Crippen LogP contribution in [0, 0.1) is 16.2 Å². The Morgan fingerprint density at radius 2 is 1.60 bits per heavy atom. The number of hydrogen-bond donors (Lipinski definition) is 0. The highest BCUT2D eigenvalue weighted by molar-refractivity contribution is 6.02. The average Bonchev–Trinajstić information content (AvgIpc) is 3.50. The van der Waals surface area contributed by atoms with Gasteiger partial charge in [-0.2, -0.15) is 5.10 Å². The van der Waals surface area contributed by atoms with Crippen LogP contribution in [0.25, 0.3) is 0 Å². The molecule has 0 radical (unpaired) electrons. The van der Waals surface area contributed by atoms with Crippen LogP contribution in [0.15, 0.2) is 36.7 Å². The molecule has 2 unspecified atom stereocenters. The van der Waals surface area contributed by atoms with Gasteiger partial charge in [0.25, 0.3) is 0 Å². The molecule has 184 valence electrons. The van der Waals surface area contributed by atoms with Crippen LogP contribution >= 0.6 is 0 Å². The van der Waals surface area contributed by atoms with Crippen LogP contribution in [0.2, 0.25) is 0 Å². The van der Waals surface area contributed by atoms with E-state index in [1.807, 2.05) is 57.6 Å². The van der Waals surface area contributed by atoms with Crippen molar-refractivity contribution in [1.29, 1.82) is 0 Å². The summed E-state index contributed by atoms with van der Waals surface area (Å²) in [6, 6.07) is 7.84. The first kappa shape index (κ1) is 22.3. The fourth-order valence-electron chi connectivity index (χ4n) is 7.29. The van der Waals surface area contributed by atoms with Gasteiger partial charge in [0.15, 0.2) is 0 Å². The lowest BCUT2D eigenvalue weighted by molar-refractivity contribution is -0.175. The van der Waals surface area contributed by atoms with Gasteiger partial charge >= 0.3 is 0 Å². The van der Waals surface area contributed by atoms with Crippen molar-refractivity contribution in [2.75, 3.05) is 46.4 Å². The van der Waals surface area contributed by atoms with Crippen molar-refractivity contribution in [1.82, 2.24) is 24.5 Å². The van der Waals surface area contributed by atoms with E-state index in [1.165, 1.54) is 0 Å². The van der Waals surface area contributed by atoms with E-state index in [1.54, 1.807) is 13.3 Å². The number of methoxy groups -OCH3 is 1.